The second kappa shape index (κ2) is 11.1. The van der Waals surface area contributed by atoms with E-state index in [0.717, 1.165) is 65.0 Å². The smallest absolute Gasteiger partial charge is 0.341 e. The first-order valence-electron chi connectivity index (χ1n) is 12.4. The third-order valence-electron chi connectivity index (χ3n) is 6.64. The Hall–Kier alpha value is -3.71. The fourth-order valence-electron chi connectivity index (χ4n) is 4.70. The average Bonchev–Trinajstić information content (AvgIpc) is 3.31. The van der Waals surface area contributed by atoms with Crippen molar-refractivity contribution in [2.75, 3.05) is 12.9 Å². The lowest BCUT2D eigenvalue weighted by Gasteiger charge is -2.11. The number of methoxy groups -OCH3 is 1. The molecule has 0 amide bonds. The van der Waals surface area contributed by atoms with Crippen molar-refractivity contribution >= 4 is 28.6 Å². The number of aromatic hydroxyl groups is 1. The lowest BCUT2D eigenvalue weighted by molar-refractivity contribution is 0.0692. The van der Waals surface area contributed by atoms with E-state index in [9.17, 15) is 15.0 Å². The van der Waals surface area contributed by atoms with Gasteiger partial charge >= 0.3 is 5.97 Å². The first-order valence-corrected chi connectivity index (χ1v) is 13.4. The summed E-state index contributed by atoms with van der Waals surface area (Å²) in [6.45, 7) is 0. The topological polar surface area (TPSA) is 88.9 Å². The fraction of sp³-hybridized carbons (Fsp3) is 0.267. The Morgan fingerprint density at radius 1 is 1.11 bits per heavy atom. The summed E-state index contributed by atoms with van der Waals surface area (Å²) < 4.78 is 11.4. The molecule has 3 aromatic carbocycles. The molecule has 0 saturated carbocycles. The summed E-state index contributed by atoms with van der Waals surface area (Å²) in [4.78, 5) is 16.8. The number of benzene rings is 3. The number of phenolic OH excluding ortho intramolecular Hbond substituents is 1. The SMILES string of the molecule is COc1nc2cc(SCCCc3cc4c(cc3O)CC(CCc3ccccc3)O4)ccc2cc1C(=O)O. The van der Waals surface area contributed by atoms with Gasteiger partial charge in [0.1, 0.15) is 23.2 Å². The molecule has 0 saturated heterocycles. The van der Waals surface area contributed by atoms with Gasteiger partial charge in [0.05, 0.1) is 12.6 Å². The fourth-order valence-corrected chi connectivity index (χ4v) is 5.59. The van der Waals surface area contributed by atoms with Crippen molar-refractivity contribution in [3.05, 3.63) is 89.0 Å². The highest BCUT2D eigenvalue weighted by Crippen LogP contribution is 2.36. The number of thioether (sulfide) groups is 1. The number of aryl methyl sites for hydroxylation is 2. The van der Waals surface area contributed by atoms with Crippen molar-refractivity contribution < 1.29 is 24.5 Å². The number of rotatable bonds is 10. The van der Waals surface area contributed by atoms with Crippen LogP contribution >= 0.6 is 11.8 Å². The second-order valence-electron chi connectivity index (χ2n) is 9.21. The predicted molar refractivity (Wildman–Crippen MR) is 145 cm³/mol. The Labute approximate surface area is 220 Å². The second-order valence-corrected chi connectivity index (χ2v) is 10.4. The van der Waals surface area contributed by atoms with Gasteiger partial charge in [-0.2, -0.15) is 0 Å². The molecule has 2 heterocycles. The Morgan fingerprint density at radius 2 is 1.95 bits per heavy atom. The van der Waals surface area contributed by atoms with Gasteiger partial charge in [0.15, 0.2) is 0 Å². The highest BCUT2D eigenvalue weighted by molar-refractivity contribution is 7.99. The first-order chi connectivity index (χ1) is 18.0. The van der Waals surface area contributed by atoms with Crippen molar-refractivity contribution in [3.63, 3.8) is 0 Å². The molecule has 1 unspecified atom stereocenters. The van der Waals surface area contributed by atoms with Crippen molar-refractivity contribution in [1.82, 2.24) is 4.98 Å². The van der Waals surface area contributed by atoms with Gasteiger partial charge in [-0.15, -0.1) is 11.8 Å². The highest BCUT2D eigenvalue weighted by Gasteiger charge is 2.24. The van der Waals surface area contributed by atoms with Crippen LogP contribution in [0.2, 0.25) is 0 Å². The largest absolute Gasteiger partial charge is 0.508 e. The number of nitrogens with zero attached hydrogens (tertiary/aromatic N) is 1. The molecule has 0 spiro atoms. The van der Waals surface area contributed by atoms with E-state index in [0.29, 0.717) is 11.3 Å². The van der Waals surface area contributed by atoms with Gasteiger partial charge in [0, 0.05) is 22.3 Å². The summed E-state index contributed by atoms with van der Waals surface area (Å²) in [5.74, 6) is 1.15. The Kier molecular flexibility index (Phi) is 7.51. The zero-order valence-corrected chi connectivity index (χ0v) is 21.5. The van der Waals surface area contributed by atoms with Crippen molar-refractivity contribution in [1.29, 1.82) is 0 Å². The minimum absolute atomic E-state index is 0.0519. The van der Waals surface area contributed by atoms with Gasteiger partial charge in [0.25, 0.3) is 0 Å². The van der Waals surface area contributed by atoms with Gasteiger partial charge in [-0.3, -0.25) is 0 Å². The molecule has 1 aliphatic rings. The van der Waals surface area contributed by atoms with Gasteiger partial charge < -0.3 is 19.7 Å². The van der Waals surface area contributed by atoms with Crippen molar-refractivity contribution in [2.24, 2.45) is 0 Å². The van der Waals surface area contributed by atoms with Crippen LogP contribution in [0.15, 0.2) is 71.6 Å². The van der Waals surface area contributed by atoms with E-state index in [1.165, 1.54) is 12.7 Å². The van der Waals surface area contributed by atoms with Gasteiger partial charge in [-0.05, 0) is 72.9 Å². The van der Waals surface area contributed by atoms with E-state index >= 15 is 0 Å². The lowest BCUT2D eigenvalue weighted by atomic mass is 10.0. The van der Waals surface area contributed by atoms with Crippen LogP contribution in [0.1, 0.15) is 39.9 Å². The van der Waals surface area contributed by atoms with Crippen LogP contribution in [-0.2, 0) is 19.3 Å². The van der Waals surface area contributed by atoms with Crippen LogP contribution < -0.4 is 9.47 Å². The summed E-state index contributed by atoms with van der Waals surface area (Å²) in [6, 6.07) is 21.7. The van der Waals surface area contributed by atoms with Gasteiger partial charge in [0.2, 0.25) is 5.88 Å². The molecule has 190 valence electrons. The summed E-state index contributed by atoms with van der Waals surface area (Å²) in [5.41, 5.74) is 4.06. The Bertz CT molecular complexity index is 1420. The molecule has 1 aromatic heterocycles. The third kappa shape index (κ3) is 5.83. The summed E-state index contributed by atoms with van der Waals surface area (Å²) in [5, 5.41) is 20.7. The summed E-state index contributed by atoms with van der Waals surface area (Å²) >= 11 is 1.70. The number of carboxylic acid groups (broad SMARTS) is 1. The molecule has 0 fully saturated rings. The lowest BCUT2D eigenvalue weighted by Crippen LogP contribution is -2.13. The number of carboxylic acids is 1. The first kappa shape index (κ1) is 25.0. The van der Waals surface area contributed by atoms with Crippen LogP contribution in [0.5, 0.6) is 17.4 Å². The molecule has 0 radical (unpaired) electrons. The number of carbonyl (C=O) groups is 1. The molecular weight excluding hydrogens is 486 g/mol. The van der Waals surface area contributed by atoms with Crippen LogP contribution in [0, 0.1) is 0 Å². The third-order valence-corrected chi connectivity index (χ3v) is 7.72. The number of fused-ring (bicyclic) bond motifs is 2. The van der Waals surface area contributed by atoms with E-state index in [1.807, 2.05) is 36.4 Å². The molecule has 0 aliphatic carbocycles. The standard InChI is InChI=1S/C30H29NO5S/c1-35-29-25(30(33)34)15-20-10-12-24(18-26(20)31-29)37-13-5-8-21-17-28-22(16-27(21)32)14-23(36-28)11-9-19-6-3-2-4-7-19/h2-4,6-7,10,12,15-18,23,32H,5,8-9,11,13-14H2,1H3,(H,33,34). The molecule has 2 N–H and O–H groups in total. The molecule has 1 atom stereocenters. The quantitative estimate of drug-likeness (QED) is 0.189. The number of ether oxygens (including phenoxy) is 2. The van der Waals surface area contributed by atoms with Gasteiger partial charge in [-0.25, -0.2) is 9.78 Å². The molecule has 5 rings (SSSR count). The molecule has 4 aromatic rings. The maximum Gasteiger partial charge on any atom is 0.341 e. The molecule has 0 bridgehead atoms. The van der Waals surface area contributed by atoms with E-state index in [-0.39, 0.29) is 17.5 Å². The molecule has 37 heavy (non-hydrogen) atoms. The van der Waals surface area contributed by atoms with E-state index in [1.54, 1.807) is 17.8 Å². The van der Waals surface area contributed by atoms with E-state index in [2.05, 4.69) is 29.2 Å². The van der Waals surface area contributed by atoms with Crippen molar-refractivity contribution in [2.45, 2.75) is 43.1 Å². The van der Waals surface area contributed by atoms with Gasteiger partial charge in [-0.1, -0.05) is 36.4 Å². The normalized spacial score (nSPS) is 14.4. The molecular formula is C30H29NO5S. The molecule has 7 heteroatoms. The summed E-state index contributed by atoms with van der Waals surface area (Å²) in [6.07, 6.45) is 4.56. The van der Waals surface area contributed by atoms with E-state index in [4.69, 9.17) is 9.47 Å². The maximum absolute atomic E-state index is 11.4. The average molecular weight is 516 g/mol. The van der Waals surface area contributed by atoms with Crippen LogP contribution in [-0.4, -0.2) is 40.1 Å². The number of aromatic nitrogens is 1. The number of pyridine rings is 1. The van der Waals surface area contributed by atoms with Crippen LogP contribution in [0.4, 0.5) is 0 Å². The number of hydrogen-bond acceptors (Lipinski definition) is 6. The molecule has 6 nitrogen and oxygen atoms in total. The van der Waals surface area contributed by atoms with Crippen LogP contribution in [0.25, 0.3) is 10.9 Å². The summed E-state index contributed by atoms with van der Waals surface area (Å²) in [7, 11) is 1.42. The number of aromatic carboxylic acids is 1. The van der Waals surface area contributed by atoms with Crippen molar-refractivity contribution in [3.8, 4) is 17.4 Å². The van der Waals surface area contributed by atoms with E-state index < -0.39 is 5.97 Å². The maximum atomic E-state index is 11.4. The minimum atomic E-state index is -1.06. The predicted octanol–water partition coefficient (Wildman–Crippen LogP) is 6.31. The van der Waals surface area contributed by atoms with Crippen LogP contribution in [0.3, 0.4) is 0 Å². The zero-order chi connectivity index (χ0) is 25.8. The monoisotopic (exact) mass is 515 g/mol. The molecule has 1 aliphatic heterocycles. The Balaban J connectivity index is 1.16. The Morgan fingerprint density at radius 3 is 2.73 bits per heavy atom. The highest BCUT2D eigenvalue weighted by atomic mass is 32.2. The minimum Gasteiger partial charge on any atom is -0.508 e. The zero-order valence-electron chi connectivity index (χ0n) is 20.6. The number of phenols is 1. The number of hydrogen-bond donors (Lipinski definition) is 2.